The Labute approximate surface area is 142 Å². The Hall–Kier alpha value is -2.21. The maximum atomic E-state index is 11.8. The van der Waals surface area contributed by atoms with E-state index in [1.165, 1.54) is 0 Å². The van der Waals surface area contributed by atoms with Crippen LogP contribution < -0.4 is 19.5 Å². The van der Waals surface area contributed by atoms with E-state index in [1.807, 2.05) is 42.5 Å². The molecule has 1 atom stereocenters. The normalized spacial score (nSPS) is 15.8. The molecule has 1 heterocycles. The Morgan fingerprint density at radius 2 is 2.04 bits per heavy atom. The van der Waals surface area contributed by atoms with E-state index in [2.05, 4.69) is 21.2 Å². The Morgan fingerprint density at radius 3 is 2.87 bits per heavy atom. The largest absolute Gasteiger partial charge is 0.486 e. The zero-order valence-corrected chi connectivity index (χ0v) is 13.9. The molecule has 0 spiro atoms. The van der Waals surface area contributed by atoms with Crippen LogP contribution in [0.25, 0.3) is 0 Å². The molecule has 5 nitrogen and oxygen atoms in total. The Bertz CT molecular complexity index is 692. The summed E-state index contributed by atoms with van der Waals surface area (Å²) < 4.78 is 17.7. The molecular formula is C17H16BrNO4. The number of fused-ring (bicyclic) bond motifs is 1. The predicted molar refractivity (Wildman–Crippen MR) is 89.0 cm³/mol. The van der Waals surface area contributed by atoms with Crippen molar-refractivity contribution in [3.05, 3.63) is 53.0 Å². The molecule has 23 heavy (non-hydrogen) atoms. The minimum absolute atomic E-state index is 0.0411. The molecule has 2 aromatic carbocycles. The minimum Gasteiger partial charge on any atom is -0.486 e. The van der Waals surface area contributed by atoms with Crippen molar-refractivity contribution in [1.29, 1.82) is 0 Å². The van der Waals surface area contributed by atoms with E-state index in [9.17, 15) is 4.79 Å². The van der Waals surface area contributed by atoms with Crippen molar-refractivity contribution < 1.29 is 19.0 Å². The number of hydrogen-bond donors (Lipinski definition) is 1. The second-order valence-electron chi connectivity index (χ2n) is 5.05. The third-order valence-corrected chi connectivity index (χ3v) is 3.75. The average molecular weight is 378 g/mol. The van der Waals surface area contributed by atoms with Crippen molar-refractivity contribution in [2.45, 2.75) is 6.10 Å². The van der Waals surface area contributed by atoms with Crippen molar-refractivity contribution >= 4 is 21.8 Å². The molecule has 1 aliphatic heterocycles. The van der Waals surface area contributed by atoms with E-state index in [1.54, 1.807) is 6.07 Å². The first kappa shape index (κ1) is 15.7. The number of nitrogens with one attached hydrogen (secondary N) is 1. The molecule has 0 saturated carbocycles. The lowest BCUT2D eigenvalue weighted by molar-refractivity contribution is -0.123. The van der Waals surface area contributed by atoms with Gasteiger partial charge in [0.25, 0.3) is 5.91 Å². The maximum Gasteiger partial charge on any atom is 0.258 e. The maximum absolute atomic E-state index is 11.8. The summed E-state index contributed by atoms with van der Waals surface area (Å²) in [5.41, 5.74) is 0. The van der Waals surface area contributed by atoms with Crippen LogP contribution in [-0.2, 0) is 4.79 Å². The quantitative estimate of drug-likeness (QED) is 0.870. The number of halogens is 1. The van der Waals surface area contributed by atoms with Crippen LogP contribution in [0.2, 0.25) is 0 Å². The van der Waals surface area contributed by atoms with E-state index in [-0.39, 0.29) is 18.6 Å². The SMILES string of the molecule is O=C(COc1cccc(Br)c1)NCC1COc2ccccc2O1. The Balaban J connectivity index is 1.43. The number of carbonyl (C=O) groups excluding carboxylic acids is 1. The molecule has 3 rings (SSSR count). The van der Waals surface area contributed by atoms with Crippen LogP contribution in [0.3, 0.4) is 0 Å². The van der Waals surface area contributed by atoms with Crippen LogP contribution >= 0.6 is 15.9 Å². The molecule has 0 fully saturated rings. The summed E-state index contributed by atoms with van der Waals surface area (Å²) in [6, 6.07) is 14.8. The minimum atomic E-state index is -0.209. The molecule has 1 amide bonds. The summed E-state index contributed by atoms with van der Waals surface area (Å²) in [6.07, 6.45) is -0.209. The third-order valence-electron chi connectivity index (χ3n) is 3.26. The predicted octanol–water partition coefficient (Wildman–Crippen LogP) is 2.78. The van der Waals surface area contributed by atoms with E-state index >= 15 is 0 Å². The fourth-order valence-electron chi connectivity index (χ4n) is 2.15. The van der Waals surface area contributed by atoms with E-state index < -0.39 is 0 Å². The Morgan fingerprint density at radius 1 is 1.22 bits per heavy atom. The number of amides is 1. The molecule has 1 aliphatic rings. The molecule has 0 saturated heterocycles. The van der Waals surface area contributed by atoms with Crippen LogP contribution in [-0.4, -0.2) is 31.8 Å². The van der Waals surface area contributed by atoms with Crippen molar-refractivity contribution in [2.75, 3.05) is 19.8 Å². The van der Waals surface area contributed by atoms with Gasteiger partial charge < -0.3 is 19.5 Å². The summed E-state index contributed by atoms with van der Waals surface area (Å²) in [6.45, 7) is 0.736. The summed E-state index contributed by atoms with van der Waals surface area (Å²) in [5, 5.41) is 2.79. The van der Waals surface area contributed by atoms with Crippen molar-refractivity contribution in [2.24, 2.45) is 0 Å². The summed E-state index contributed by atoms with van der Waals surface area (Å²) in [7, 11) is 0. The second-order valence-corrected chi connectivity index (χ2v) is 5.96. The first-order valence-corrected chi connectivity index (χ1v) is 8.03. The van der Waals surface area contributed by atoms with Gasteiger partial charge in [0.1, 0.15) is 18.5 Å². The summed E-state index contributed by atoms with van der Waals surface area (Å²) in [4.78, 5) is 11.8. The topological polar surface area (TPSA) is 56.8 Å². The number of carbonyl (C=O) groups is 1. The number of para-hydroxylation sites is 2. The first-order chi connectivity index (χ1) is 11.2. The third kappa shape index (κ3) is 4.39. The van der Waals surface area contributed by atoms with E-state index in [0.717, 1.165) is 10.2 Å². The van der Waals surface area contributed by atoms with Crippen LogP contribution in [0, 0.1) is 0 Å². The molecular weight excluding hydrogens is 362 g/mol. The highest BCUT2D eigenvalue weighted by Crippen LogP contribution is 2.30. The van der Waals surface area contributed by atoms with Crippen molar-refractivity contribution in [3.8, 4) is 17.2 Å². The van der Waals surface area contributed by atoms with Gasteiger partial charge in [0.2, 0.25) is 0 Å². The highest BCUT2D eigenvalue weighted by molar-refractivity contribution is 9.10. The van der Waals surface area contributed by atoms with Crippen LogP contribution in [0.4, 0.5) is 0 Å². The summed E-state index contributed by atoms with van der Waals surface area (Å²) >= 11 is 3.35. The zero-order chi connectivity index (χ0) is 16.1. The fraction of sp³-hybridized carbons (Fsp3) is 0.235. The lowest BCUT2D eigenvalue weighted by Gasteiger charge is -2.26. The standard InChI is InChI=1S/C17H16BrNO4/c18-12-4-3-5-13(8-12)21-11-17(20)19-9-14-10-22-15-6-1-2-7-16(15)23-14/h1-8,14H,9-11H2,(H,19,20). The van der Waals surface area contributed by atoms with E-state index in [4.69, 9.17) is 14.2 Å². The molecule has 0 radical (unpaired) electrons. The molecule has 6 heteroatoms. The highest BCUT2D eigenvalue weighted by Gasteiger charge is 2.21. The lowest BCUT2D eigenvalue weighted by Crippen LogP contribution is -2.42. The van der Waals surface area contributed by atoms with Gasteiger partial charge in [-0.1, -0.05) is 34.1 Å². The van der Waals surface area contributed by atoms with Crippen LogP contribution in [0.15, 0.2) is 53.0 Å². The van der Waals surface area contributed by atoms with Gasteiger partial charge in [-0.3, -0.25) is 4.79 Å². The molecule has 120 valence electrons. The van der Waals surface area contributed by atoms with Gasteiger partial charge in [-0.05, 0) is 30.3 Å². The monoisotopic (exact) mass is 377 g/mol. The van der Waals surface area contributed by atoms with E-state index in [0.29, 0.717) is 24.7 Å². The molecule has 0 bridgehead atoms. The van der Waals surface area contributed by atoms with Gasteiger partial charge >= 0.3 is 0 Å². The average Bonchev–Trinajstić information content (AvgIpc) is 2.58. The lowest BCUT2D eigenvalue weighted by atomic mass is 10.2. The Kier molecular flexibility index (Phi) is 5.02. The number of ether oxygens (including phenoxy) is 3. The molecule has 0 aromatic heterocycles. The van der Waals surface area contributed by atoms with Crippen molar-refractivity contribution in [1.82, 2.24) is 5.32 Å². The smallest absolute Gasteiger partial charge is 0.258 e. The highest BCUT2D eigenvalue weighted by atomic mass is 79.9. The van der Waals surface area contributed by atoms with Crippen LogP contribution in [0.1, 0.15) is 0 Å². The van der Waals surface area contributed by atoms with Crippen LogP contribution in [0.5, 0.6) is 17.2 Å². The number of benzene rings is 2. The molecule has 1 unspecified atom stereocenters. The van der Waals surface area contributed by atoms with Gasteiger partial charge in [0.15, 0.2) is 18.1 Å². The van der Waals surface area contributed by atoms with Gasteiger partial charge in [-0.2, -0.15) is 0 Å². The number of hydrogen-bond acceptors (Lipinski definition) is 4. The zero-order valence-electron chi connectivity index (χ0n) is 12.3. The fourth-order valence-corrected chi connectivity index (χ4v) is 2.53. The first-order valence-electron chi connectivity index (χ1n) is 7.24. The van der Waals surface area contributed by atoms with Gasteiger partial charge in [0, 0.05) is 4.47 Å². The second kappa shape index (κ2) is 7.37. The molecule has 1 N–H and O–H groups in total. The summed E-state index contributed by atoms with van der Waals surface area (Å²) in [5.74, 6) is 1.87. The molecule has 2 aromatic rings. The van der Waals surface area contributed by atoms with Gasteiger partial charge in [-0.15, -0.1) is 0 Å². The number of rotatable bonds is 5. The van der Waals surface area contributed by atoms with Gasteiger partial charge in [0.05, 0.1) is 6.54 Å². The van der Waals surface area contributed by atoms with Crippen molar-refractivity contribution in [3.63, 3.8) is 0 Å². The van der Waals surface area contributed by atoms with Gasteiger partial charge in [-0.25, -0.2) is 0 Å². The molecule has 0 aliphatic carbocycles.